The molecular weight excluding hydrogens is 266 g/mol. The van der Waals surface area contributed by atoms with E-state index >= 15 is 0 Å². The van der Waals surface area contributed by atoms with Gasteiger partial charge in [-0.15, -0.1) is 0 Å². The minimum absolute atomic E-state index is 0.0853. The van der Waals surface area contributed by atoms with Gasteiger partial charge in [-0.2, -0.15) is 0 Å². The van der Waals surface area contributed by atoms with Crippen LogP contribution in [0.3, 0.4) is 0 Å². The van der Waals surface area contributed by atoms with E-state index in [1.54, 1.807) is 0 Å². The third-order valence-corrected chi connectivity index (χ3v) is 4.73. The van der Waals surface area contributed by atoms with Gasteiger partial charge in [0.05, 0.1) is 0 Å². The van der Waals surface area contributed by atoms with Gasteiger partial charge in [0.15, 0.2) is 0 Å². The molecule has 0 aliphatic carbocycles. The Hall–Kier alpha value is -0.910. The summed E-state index contributed by atoms with van der Waals surface area (Å²) in [6.07, 6.45) is 8.62. The van der Waals surface area contributed by atoms with Crippen molar-refractivity contribution in [3.63, 3.8) is 0 Å². The van der Waals surface area contributed by atoms with Crippen molar-refractivity contribution in [2.75, 3.05) is 19.8 Å². The van der Waals surface area contributed by atoms with E-state index in [9.17, 15) is 0 Å². The maximum atomic E-state index is 5.92. The zero-order valence-electron chi connectivity index (χ0n) is 13.1. The first kappa shape index (κ1) is 15.0. The number of rotatable bonds is 5. The summed E-state index contributed by atoms with van der Waals surface area (Å²) in [4.78, 5) is 4.45. The fraction of sp³-hybridized carbons (Fsp3) is 0.812. The predicted molar refractivity (Wildman–Crippen MR) is 81.1 cm³/mol. The Morgan fingerprint density at radius 3 is 2.86 bits per heavy atom. The molecule has 0 spiro atoms. The molecule has 3 atom stereocenters. The van der Waals surface area contributed by atoms with Crippen LogP contribution < -0.4 is 5.32 Å². The highest BCUT2D eigenvalue weighted by Gasteiger charge is 2.33. The average molecular weight is 293 g/mol. The Kier molecular flexibility index (Phi) is 4.93. The van der Waals surface area contributed by atoms with Gasteiger partial charge in [0.1, 0.15) is 11.9 Å². The third-order valence-electron chi connectivity index (χ3n) is 4.73. The summed E-state index contributed by atoms with van der Waals surface area (Å²) in [6, 6.07) is 0.892. The van der Waals surface area contributed by atoms with Crippen LogP contribution in [0.25, 0.3) is 0 Å². The van der Waals surface area contributed by atoms with Crippen LogP contribution in [0.4, 0.5) is 0 Å². The van der Waals surface area contributed by atoms with Crippen molar-refractivity contribution in [1.29, 1.82) is 0 Å². The minimum Gasteiger partial charge on any atom is -0.381 e. The summed E-state index contributed by atoms with van der Waals surface area (Å²) in [5, 5.41) is 3.77. The standard InChI is InChI=1S/C16H27N3O2/c1-12(11-13-3-8-20-9-4-13)18-14-5-10-21-15(14)16-17-6-7-19(16)2/h6-7,12-15,18H,3-5,8-11H2,1-2H3/t12-,14+,15+/m1/s1. The highest BCUT2D eigenvalue weighted by atomic mass is 16.5. The van der Waals surface area contributed by atoms with Crippen LogP contribution >= 0.6 is 0 Å². The number of aromatic nitrogens is 2. The maximum absolute atomic E-state index is 5.92. The van der Waals surface area contributed by atoms with Crippen LogP contribution in [0, 0.1) is 5.92 Å². The molecule has 5 nitrogen and oxygen atoms in total. The van der Waals surface area contributed by atoms with Crippen molar-refractivity contribution in [2.24, 2.45) is 13.0 Å². The molecule has 1 N–H and O–H groups in total. The molecule has 2 aliphatic heterocycles. The second-order valence-electron chi connectivity index (χ2n) is 6.44. The van der Waals surface area contributed by atoms with Crippen molar-refractivity contribution in [3.8, 4) is 0 Å². The highest BCUT2D eigenvalue weighted by Crippen LogP contribution is 2.29. The summed E-state index contributed by atoms with van der Waals surface area (Å²) < 4.78 is 13.4. The van der Waals surface area contributed by atoms with E-state index in [1.807, 2.05) is 19.4 Å². The van der Waals surface area contributed by atoms with Crippen LogP contribution in [0.15, 0.2) is 12.4 Å². The molecule has 5 heteroatoms. The van der Waals surface area contributed by atoms with E-state index in [0.29, 0.717) is 12.1 Å². The second-order valence-corrected chi connectivity index (χ2v) is 6.44. The van der Waals surface area contributed by atoms with E-state index in [2.05, 4.69) is 21.8 Å². The van der Waals surface area contributed by atoms with Crippen molar-refractivity contribution in [2.45, 2.75) is 50.8 Å². The number of imidazole rings is 1. The maximum Gasteiger partial charge on any atom is 0.139 e. The Bertz CT molecular complexity index is 442. The second kappa shape index (κ2) is 6.90. The first-order chi connectivity index (χ1) is 10.2. The normalized spacial score (nSPS) is 28.9. The van der Waals surface area contributed by atoms with E-state index < -0.39 is 0 Å². The molecule has 0 radical (unpaired) electrons. The van der Waals surface area contributed by atoms with Crippen molar-refractivity contribution >= 4 is 0 Å². The van der Waals surface area contributed by atoms with Gasteiger partial charge in [0.2, 0.25) is 0 Å². The number of nitrogens with zero attached hydrogens (tertiary/aromatic N) is 2. The molecule has 118 valence electrons. The molecule has 2 fully saturated rings. The minimum atomic E-state index is 0.0853. The lowest BCUT2D eigenvalue weighted by molar-refractivity contribution is 0.0584. The van der Waals surface area contributed by atoms with Gasteiger partial charge >= 0.3 is 0 Å². The molecule has 1 aromatic rings. The van der Waals surface area contributed by atoms with Crippen LogP contribution in [0.1, 0.15) is 44.5 Å². The largest absolute Gasteiger partial charge is 0.381 e. The zero-order chi connectivity index (χ0) is 14.7. The SMILES string of the molecule is C[C@H](CC1CCOCC1)N[C@H]1CCO[C@@H]1c1nccn1C. The molecule has 0 bridgehead atoms. The Labute approximate surface area is 127 Å². The molecule has 2 aliphatic rings. The van der Waals surface area contributed by atoms with Gasteiger partial charge in [-0.25, -0.2) is 4.98 Å². The van der Waals surface area contributed by atoms with Crippen LogP contribution in [0.2, 0.25) is 0 Å². The molecule has 1 aromatic heterocycles. The quantitative estimate of drug-likeness (QED) is 0.902. The lowest BCUT2D eigenvalue weighted by Crippen LogP contribution is -2.40. The molecule has 0 saturated carbocycles. The average Bonchev–Trinajstić information content (AvgIpc) is 3.08. The summed E-state index contributed by atoms with van der Waals surface area (Å²) in [5.41, 5.74) is 0. The number of ether oxygens (including phenoxy) is 2. The summed E-state index contributed by atoms with van der Waals surface area (Å²) in [7, 11) is 2.03. The first-order valence-electron chi connectivity index (χ1n) is 8.16. The van der Waals surface area contributed by atoms with Gasteiger partial charge in [-0.1, -0.05) is 0 Å². The lowest BCUT2D eigenvalue weighted by Gasteiger charge is -2.28. The lowest BCUT2D eigenvalue weighted by atomic mass is 9.92. The third kappa shape index (κ3) is 3.65. The van der Waals surface area contributed by atoms with Crippen LogP contribution in [0.5, 0.6) is 0 Å². The van der Waals surface area contributed by atoms with Crippen LogP contribution in [-0.2, 0) is 16.5 Å². The summed E-state index contributed by atoms with van der Waals surface area (Å²) >= 11 is 0. The molecule has 2 saturated heterocycles. The highest BCUT2D eigenvalue weighted by molar-refractivity contribution is 5.03. The van der Waals surface area contributed by atoms with E-state index in [-0.39, 0.29) is 6.10 Å². The summed E-state index contributed by atoms with van der Waals surface area (Å²) in [6.45, 7) is 4.97. The molecular formula is C16H27N3O2. The topological polar surface area (TPSA) is 48.3 Å². The fourth-order valence-electron chi connectivity index (χ4n) is 3.58. The first-order valence-corrected chi connectivity index (χ1v) is 8.16. The van der Waals surface area contributed by atoms with E-state index in [0.717, 1.165) is 38.0 Å². The smallest absolute Gasteiger partial charge is 0.139 e. The van der Waals surface area contributed by atoms with Crippen molar-refractivity contribution < 1.29 is 9.47 Å². The Morgan fingerprint density at radius 1 is 1.33 bits per heavy atom. The van der Waals surface area contributed by atoms with E-state index in [4.69, 9.17) is 9.47 Å². The predicted octanol–water partition coefficient (Wildman–Crippen LogP) is 2.04. The Morgan fingerprint density at radius 2 is 2.14 bits per heavy atom. The number of hydrogen-bond donors (Lipinski definition) is 1. The van der Waals surface area contributed by atoms with Gasteiger partial charge in [-0.05, 0) is 38.5 Å². The summed E-state index contributed by atoms with van der Waals surface area (Å²) in [5.74, 6) is 1.83. The Balaban J connectivity index is 1.54. The molecule has 21 heavy (non-hydrogen) atoms. The molecule has 0 aromatic carbocycles. The number of hydrogen-bond acceptors (Lipinski definition) is 4. The van der Waals surface area contributed by atoms with Crippen molar-refractivity contribution in [1.82, 2.24) is 14.9 Å². The molecule has 3 rings (SSSR count). The van der Waals surface area contributed by atoms with E-state index in [1.165, 1.54) is 19.3 Å². The van der Waals surface area contributed by atoms with Gasteiger partial charge in [0, 0.05) is 51.3 Å². The molecule has 3 heterocycles. The van der Waals surface area contributed by atoms with Gasteiger partial charge in [-0.3, -0.25) is 0 Å². The van der Waals surface area contributed by atoms with Gasteiger partial charge in [0.25, 0.3) is 0 Å². The molecule has 0 amide bonds. The van der Waals surface area contributed by atoms with Gasteiger partial charge < -0.3 is 19.4 Å². The fourth-order valence-corrected chi connectivity index (χ4v) is 3.58. The van der Waals surface area contributed by atoms with Crippen LogP contribution in [-0.4, -0.2) is 41.5 Å². The molecule has 0 unspecified atom stereocenters. The number of aryl methyl sites for hydroxylation is 1. The monoisotopic (exact) mass is 293 g/mol. The number of nitrogens with one attached hydrogen (secondary N) is 1. The zero-order valence-corrected chi connectivity index (χ0v) is 13.1. The van der Waals surface area contributed by atoms with Crippen molar-refractivity contribution in [3.05, 3.63) is 18.2 Å².